The number of rotatable bonds is 6. The fraction of sp³-hybridized carbons (Fsp3) is 0.333. The fourth-order valence-corrected chi connectivity index (χ4v) is 3.57. The van der Waals surface area contributed by atoms with Gasteiger partial charge in [0.2, 0.25) is 0 Å². The van der Waals surface area contributed by atoms with E-state index in [4.69, 9.17) is 0 Å². The third-order valence-corrected chi connectivity index (χ3v) is 5.12. The lowest BCUT2D eigenvalue weighted by atomic mass is 10.2. The Hall–Kier alpha value is -2.38. The van der Waals surface area contributed by atoms with Crippen LogP contribution in [0, 0.1) is 0 Å². The van der Waals surface area contributed by atoms with Crippen molar-refractivity contribution in [1.82, 2.24) is 20.4 Å². The van der Waals surface area contributed by atoms with Crippen LogP contribution in [0.2, 0.25) is 0 Å². The topological polar surface area (TPSA) is 74.5 Å². The normalized spacial score (nSPS) is 13.2. The minimum Gasteiger partial charge on any atom is -0.386 e. The summed E-state index contributed by atoms with van der Waals surface area (Å²) in [6, 6.07) is 12.2. The molecule has 0 spiro atoms. The Morgan fingerprint density at radius 1 is 1.32 bits per heavy atom. The molecule has 1 aromatic carbocycles. The molecule has 3 rings (SSSR count). The van der Waals surface area contributed by atoms with E-state index >= 15 is 0 Å². The van der Waals surface area contributed by atoms with Gasteiger partial charge in [-0.3, -0.25) is 4.68 Å². The van der Waals surface area contributed by atoms with Crippen LogP contribution in [0.15, 0.2) is 47.6 Å². The number of guanidine groups is 1. The summed E-state index contributed by atoms with van der Waals surface area (Å²) in [5, 5.41) is 22.2. The van der Waals surface area contributed by atoms with Crippen molar-refractivity contribution >= 4 is 27.4 Å². The molecule has 0 fully saturated rings. The van der Waals surface area contributed by atoms with Crippen molar-refractivity contribution in [2.75, 3.05) is 13.1 Å². The number of nitrogens with zero attached hydrogens (tertiary/aromatic N) is 3. The van der Waals surface area contributed by atoms with Gasteiger partial charge in [-0.1, -0.05) is 18.2 Å². The maximum Gasteiger partial charge on any atom is 0.191 e. The summed E-state index contributed by atoms with van der Waals surface area (Å²) in [6.45, 7) is 3.72. The number of aliphatic imine (C=N–C) groups is 1. The van der Waals surface area contributed by atoms with Gasteiger partial charge in [-0.2, -0.15) is 5.10 Å². The summed E-state index contributed by atoms with van der Waals surface area (Å²) < 4.78 is 2.99. The van der Waals surface area contributed by atoms with Crippen LogP contribution in [0.3, 0.4) is 0 Å². The first-order chi connectivity index (χ1) is 12.2. The van der Waals surface area contributed by atoms with Crippen molar-refractivity contribution in [2.45, 2.75) is 19.6 Å². The average molecular weight is 357 g/mol. The Morgan fingerprint density at radius 3 is 2.88 bits per heavy atom. The van der Waals surface area contributed by atoms with E-state index in [1.54, 1.807) is 22.2 Å². The highest BCUT2D eigenvalue weighted by atomic mass is 32.1. The van der Waals surface area contributed by atoms with Crippen molar-refractivity contribution in [3.8, 4) is 0 Å². The van der Waals surface area contributed by atoms with Crippen LogP contribution in [0.25, 0.3) is 10.1 Å². The molecule has 0 aliphatic carbocycles. The standard InChI is InChI=1S/C18H23N5OS/c1-3-19-18(20-11-14-8-9-22-23(14)2)21-12-15(24)17-10-13-6-4-5-7-16(13)25-17/h4-10,15,24H,3,11-12H2,1-2H3,(H2,19,20,21). The molecule has 0 amide bonds. The van der Waals surface area contributed by atoms with Gasteiger partial charge in [-0.05, 0) is 30.5 Å². The van der Waals surface area contributed by atoms with Crippen molar-refractivity contribution in [3.05, 3.63) is 53.2 Å². The van der Waals surface area contributed by atoms with Gasteiger partial charge in [0.15, 0.2) is 5.96 Å². The van der Waals surface area contributed by atoms with Crippen molar-refractivity contribution in [3.63, 3.8) is 0 Å². The number of fused-ring (bicyclic) bond motifs is 1. The summed E-state index contributed by atoms with van der Waals surface area (Å²) in [6.07, 6.45) is 1.19. The molecule has 0 radical (unpaired) electrons. The zero-order valence-electron chi connectivity index (χ0n) is 14.4. The number of thiophene rings is 1. The lowest BCUT2D eigenvalue weighted by Crippen LogP contribution is -2.39. The highest BCUT2D eigenvalue weighted by molar-refractivity contribution is 7.19. The van der Waals surface area contributed by atoms with Gasteiger partial charge in [0.05, 0.1) is 12.2 Å². The lowest BCUT2D eigenvalue weighted by Gasteiger charge is -2.14. The van der Waals surface area contributed by atoms with E-state index in [0.717, 1.165) is 17.1 Å². The molecule has 132 valence electrons. The largest absolute Gasteiger partial charge is 0.386 e. The highest BCUT2D eigenvalue weighted by Gasteiger charge is 2.12. The third-order valence-electron chi connectivity index (χ3n) is 3.90. The molecule has 3 aromatic rings. The maximum absolute atomic E-state index is 10.5. The number of nitrogens with one attached hydrogen (secondary N) is 2. The molecule has 3 N–H and O–H groups in total. The van der Waals surface area contributed by atoms with Crippen LogP contribution in [-0.4, -0.2) is 33.9 Å². The van der Waals surface area contributed by atoms with E-state index in [1.165, 1.54) is 10.1 Å². The van der Waals surface area contributed by atoms with Crippen LogP contribution in [0.4, 0.5) is 0 Å². The Labute approximate surface area is 151 Å². The molecule has 0 saturated carbocycles. The fourth-order valence-electron chi connectivity index (χ4n) is 2.52. The number of benzene rings is 1. The Balaban J connectivity index is 1.63. The van der Waals surface area contributed by atoms with E-state index in [1.807, 2.05) is 38.2 Å². The van der Waals surface area contributed by atoms with Gasteiger partial charge in [0, 0.05) is 35.9 Å². The molecule has 1 atom stereocenters. The molecule has 1 unspecified atom stereocenters. The Morgan fingerprint density at radius 2 is 2.16 bits per heavy atom. The first-order valence-electron chi connectivity index (χ1n) is 8.33. The summed E-state index contributed by atoms with van der Waals surface area (Å²) in [7, 11) is 1.90. The number of aliphatic hydroxyl groups excluding tert-OH is 1. The monoisotopic (exact) mass is 357 g/mol. The summed E-state index contributed by atoms with van der Waals surface area (Å²) >= 11 is 1.62. The smallest absolute Gasteiger partial charge is 0.191 e. The predicted octanol–water partition coefficient (Wildman–Crippen LogP) is 2.42. The van der Waals surface area contributed by atoms with Crippen LogP contribution < -0.4 is 10.6 Å². The van der Waals surface area contributed by atoms with Crippen LogP contribution in [0.1, 0.15) is 23.6 Å². The first kappa shape index (κ1) is 17.4. The van der Waals surface area contributed by atoms with Crippen LogP contribution in [-0.2, 0) is 13.6 Å². The molecule has 6 nitrogen and oxygen atoms in total. The number of aromatic nitrogens is 2. The molecule has 0 bridgehead atoms. The molecular weight excluding hydrogens is 334 g/mol. The van der Waals surface area contributed by atoms with Crippen LogP contribution in [0.5, 0.6) is 0 Å². The quantitative estimate of drug-likeness (QED) is 0.468. The summed E-state index contributed by atoms with van der Waals surface area (Å²) in [5.74, 6) is 0.684. The maximum atomic E-state index is 10.5. The van der Waals surface area contributed by atoms with E-state index < -0.39 is 6.10 Å². The second kappa shape index (κ2) is 8.13. The first-order valence-corrected chi connectivity index (χ1v) is 9.14. The molecular formula is C18H23N5OS. The molecule has 25 heavy (non-hydrogen) atoms. The van der Waals surface area contributed by atoms with E-state index in [2.05, 4.69) is 32.9 Å². The molecule has 2 heterocycles. The third kappa shape index (κ3) is 4.37. The number of aryl methyl sites for hydroxylation is 1. The second-order valence-corrected chi connectivity index (χ2v) is 6.84. The summed E-state index contributed by atoms with van der Waals surface area (Å²) in [5.41, 5.74) is 1.03. The van der Waals surface area contributed by atoms with Gasteiger partial charge in [0.1, 0.15) is 6.10 Å². The zero-order chi connectivity index (χ0) is 17.6. The van der Waals surface area contributed by atoms with Crippen molar-refractivity contribution < 1.29 is 5.11 Å². The minimum absolute atomic E-state index is 0.407. The van der Waals surface area contributed by atoms with E-state index in [9.17, 15) is 5.11 Å². The molecule has 0 aliphatic rings. The van der Waals surface area contributed by atoms with E-state index in [-0.39, 0.29) is 0 Å². The van der Waals surface area contributed by atoms with Crippen molar-refractivity contribution in [1.29, 1.82) is 0 Å². The van der Waals surface area contributed by atoms with Gasteiger partial charge >= 0.3 is 0 Å². The predicted molar refractivity (Wildman–Crippen MR) is 103 cm³/mol. The molecule has 2 aromatic heterocycles. The molecule has 0 saturated heterocycles. The zero-order valence-corrected chi connectivity index (χ0v) is 15.3. The van der Waals surface area contributed by atoms with Gasteiger partial charge in [-0.25, -0.2) is 4.99 Å². The second-order valence-electron chi connectivity index (χ2n) is 5.72. The lowest BCUT2D eigenvalue weighted by molar-refractivity contribution is 0.184. The summed E-state index contributed by atoms with van der Waals surface area (Å²) in [4.78, 5) is 5.51. The van der Waals surface area contributed by atoms with Gasteiger partial charge < -0.3 is 15.7 Å². The van der Waals surface area contributed by atoms with Gasteiger partial charge in [-0.15, -0.1) is 11.3 Å². The Bertz CT molecular complexity index is 821. The van der Waals surface area contributed by atoms with E-state index in [0.29, 0.717) is 19.0 Å². The Kier molecular flexibility index (Phi) is 5.67. The average Bonchev–Trinajstić information content (AvgIpc) is 3.23. The SMILES string of the molecule is CCNC(=NCc1ccnn1C)NCC(O)c1cc2ccccc2s1. The minimum atomic E-state index is -0.571. The molecule has 7 heteroatoms. The highest BCUT2D eigenvalue weighted by Crippen LogP contribution is 2.29. The van der Waals surface area contributed by atoms with Crippen molar-refractivity contribution in [2.24, 2.45) is 12.0 Å². The van der Waals surface area contributed by atoms with Crippen LogP contribution >= 0.6 is 11.3 Å². The molecule has 0 aliphatic heterocycles. The number of hydrogen-bond donors (Lipinski definition) is 3. The number of hydrogen-bond acceptors (Lipinski definition) is 4. The van der Waals surface area contributed by atoms with Gasteiger partial charge in [0.25, 0.3) is 0 Å². The number of aliphatic hydroxyl groups is 1.